The fourth-order valence-corrected chi connectivity index (χ4v) is 2.99. The van der Waals surface area contributed by atoms with Crippen molar-refractivity contribution in [1.29, 1.82) is 0 Å². The topological polar surface area (TPSA) is 63.4 Å². The first-order valence-electron chi connectivity index (χ1n) is 6.16. The highest BCUT2D eigenvalue weighted by atomic mass is 127. The SMILES string of the molecule is Cc1ccc(C(=O)N(N)C(=O)c2c(F)cccc2I)cc1I. The number of imide groups is 1. The van der Waals surface area contributed by atoms with E-state index in [4.69, 9.17) is 5.84 Å². The fraction of sp³-hybridized carbons (Fsp3) is 0.0667. The molecule has 0 saturated carbocycles. The Hall–Kier alpha value is -1.07. The molecule has 2 aromatic rings. The molecule has 2 rings (SSSR count). The van der Waals surface area contributed by atoms with E-state index < -0.39 is 17.6 Å². The van der Waals surface area contributed by atoms with Gasteiger partial charge < -0.3 is 0 Å². The van der Waals surface area contributed by atoms with Gasteiger partial charge in [0.2, 0.25) is 0 Å². The van der Waals surface area contributed by atoms with Crippen LogP contribution in [0.4, 0.5) is 4.39 Å². The molecule has 22 heavy (non-hydrogen) atoms. The van der Waals surface area contributed by atoms with Crippen molar-refractivity contribution in [3.8, 4) is 0 Å². The van der Waals surface area contributed by atoms with Gasteiger partial charge in [-0.1, -0.05) is 12.1 Å². The first kappa shape index (κ1) is 17.3. The Morgan fingerprint density at radius 1 is 1.09 bits per heavy atom. The molecule has 0 aliphatic carbocycles. The smallest absolute Gasteiger partial charge is 0.267 e. The summed E-state index contributed by atoms with van der Waals surface area (Å²) >= 11 is 3.92. The minimum atomic E-state index is -0.872. The highest BCUT2D eigenvalue weighted by Crippen LogP contribution is 2.19. The molecule has 0 aliphatic heterocycles. The lowest BCUT2D eigenvalue weighted by Gasteiger charge is -2.16. The molecule has 2 N–H and O–H groups in total. The van der Waals surface area contributed by atoms with Crippen molar-refractivity contribution in [3.63, 3.8) is 0 Å². The van der Waals surface area contributed by atoms with Crippen LogP contribution < -0.4 is 5.84 Å². The van der Waals surface area contributed by atoms with Crippen LogP contribution in [-0.4, -0.2) is 16.8 Å². The number of carbonyl (C=O) groups excluding carboxylic acids is 2. The lowest BCUT2D eigenvalue weighted by molar-refractivity contribution is 0.0612. The first-order chi connectivity index (χ1) is 10.3. The lowest BCUT2D eigenvalue weighted by atomic mass is 10.1. The van der Waals surface area contributed by atoms with E-state index in [-0.39, 0.29) is 11.1 Å². The maximum Gasteiger partial charge on any atom is 0.279 e. The molecule has 0 atom stereocenters. The van der Waals surface area contributed by atoms with Gasteiger partial charge in [0.1, 0.15) is 5.82 Å². The van der Waals surface area contributed by atoms with Crippen molar-refractivity contribution in [3.05, 3.63) is 66.0 Å². The number of rotatable bonds is 2. The molecule has 2 aromatic carbocycles. The lowest BCUT2D eigenvalue weighted by Crippen LogP contribution is -2.43. The summed E-state index contributed by atoms with van der Waals surface area (Å²) in [6.07, 6.45) is 0. The summed E-state index contributed by atoms with van der Waals surface area (Å²) in [7, 11) is 0. The standard InChI is InChI=1S/C15H11FI2N2O2/c1-8-5-6-9(7-12(8)18)14(21)20(19)15(22)13-10(16)3-2-4-11(13)17/h2-7H,19H2,1H3. The highest BCUT2D eigenvalue weighted by Gasteiger charge is 2.25. The van der Waals surface area contributed by atoms with Gasteiger partial charge in [-0.25, -0.2) is 15.2 Å². The van der Waals surface area contributed by atoms with Crippen LogP contribution in [0.3, 0.4) is 0 Å². The van der Waals surface area contributed by atoms with Crippen LogP contribution in [0.5, 0.6) is 0 Å². The minimum absolute atomic E-state index is 0.208. The number of nitrogens with zero attached hydrogens (tertiary/aromatic N) is 1. The monoisotopic (exact) mass is 524 g/mol. The largest absolute Gasteiger partial charge is 0.279 e. The number of benzene rings is 2. The minimum Gasteiger partial charge on any atom is -0.267 e. The number of nitrogens with two attached hydrogens (primary N) is 1. The average molecular weight is 524 g/mol. The van der Waals surface area contributed by atoms with Crippen LogP contribution in [0.25, 0.3) is 0 Å². The van der Waals surface area contributed by atoms with E-state index in [1.165, 1.54) is 6.07 Å². The molecular formula is C15H11FI2N2O2. The van der Waals surface area contributed by atoms with Gasteiger partial charge in [0.05, 0.1) is 5.56 Å². The van der Waals surface area contributed by atoms with Gasteiger partial charge in [0.15, 0.2) is 0 Å². The van der Waals surface area contributed by atoms with Gasteiger partial charge >= 0.3 is 0 Å². The molecule has 0 heterocycles. The molecule has 0 fully saturated rings. The number of amides is 2. The fourth-order valence-electron chi connectivity index (χ4n) is 1.78. The number of aryl methyl sites for hydroxylation is 1. The number of hydrazine groups is 1. The van der Waals surface area contributed by atoms with Gasteiger partial charge in [-0.2, -0.15) is 0 Å². The normalized spacial score (nSPS) is 10.4. The zero-order valence-corrected chi connectivity index (χ0v) is 15.8. The Balaban J connectivity index is 2.34. The van der Waals surface area contributed by atoms with E-state index in [2.05, 4.69) is 22.6 Å². The average Bonchev–Trinajstić information content (AvgIpc) is 2.48. The number of hydrogen-bond acceptors (Lipinski definition) is 3. The number of hydrogen-bond donors (Lipinski definition) is 1. The molecule has 0 radical (unpaired) electrons. The van der Waals surface area contributed by atoms with Gasteiger partial charge in [0.25, 0.3) is 11.8 Å². The van der Waals surface area contributed by atoms with Crippen molar-refractivity contribution < 1.29 is 14.0 Å². The molecule has 0 spiro atoms. The molecular weight excluding hydrogens is 513 g/mol. The third-order valence-corrected chi connectivity index (χ3v) is 5.09. The molecule has 0 aromatic heterocycles. The Morgan fingerprint density at radius 2 is 1.77 bits per heavy atom. The second-order valence-corrected chi connectivity index (χ2v) is 6.87. The summed E-state index contributed by atoms with van der Waals surface area (Å²) in [5, 5.41) is 0.446. The predicted molar refractivity (Wildman–Crippen MR) is 97.7 cm³/mol. The van der Waals surface area contributed by atoms with Crippen LogP contribution in [0.15, 0.2) is 36.4 Å². The van der Waals surface area contributed by atoms with Gasteiger partial charge in [-0.15, -0.1) is 0 Å². The van der Waals surface area contributed by atoms with E-state index in [9.17, 15) is 14.0 Å². The summed E-state index contributed by atoms with van der Waals surface area (Å²) in [5.41, 5.74) is 1.08. The maximum atomic E-state index is 13.8. The van der Waals surface area contributed by atoms with Crippen molar-refractivity contribution in [2.75, 3.05) is 0 Å². The van der Waals surface area contributed by atoms with Crippen LogP contribution in [0.2, 0.25) is 0 Å². The summed E-state index contributed by atoms with van der Waals surface area (Å²) in [6, 6.07) is 9.20. The van der Waals surface area contributed by atoms with E-state index in [1.807, 2.05) is 29.5 Å². The number of halogens is 3. The van der Waals surface area contributed by atoms with Crippen LogP contribution in [0, 0.1) is 19.9 Å². The Labute approximate surface area is 154 Å². The molecule has 0 unspecified atom stereocenters. The molecule has 0 aliphatic rings. The number of carbonyl (C=O) groups is 2. The summed E-state index contributed by atoms with van der Waals surface area (Å²) in [4.78, 5) is 24.6. The van der Waals surface area contributed by atoms with E-state index in [0.717, 1.165) is 15.2 Å². The third kappa shape index (κ3) is 3.46. The molecule has 0 bridgehead atoms. The zero-order chi connectivity index (χ0) is 16.4. The third-order valence-electron chi connectivity index (χ3n) is 3.03. The summed E-state index contributed by atoms with van der Waals surface area (Å²) in [5.74, 6) is 3.35. The molecule has 4 nitrogen and oxygen atoms in total. The Kier molecular flexibility index (Phi) is 5.50. The van der Waals surface area contributed by atoms with Crippen molar-refractivity contribution in [2.45, 2.75) is 6.92 Å². The summed E-state index contributed by atoms with van der Waals surface area (Å²) < 4.78 is 15.1. The Bertz CT molecular complexity index is 745. The second kappa shape index (κ2) is 7.01. The molecule has 2 amide bonds. The van der Waals surface area contributed by atoms with Crippen molar-refractivity contribution in [1.82, 2.24) is 5.01 Å². The van der Waals surface area contributed by atoms with E-state index in [1.54, 1.807) is 24.3 Å². The summed E-state index contributed by atoms with van der Waals surface area (Å²) in [6.45, 7) is 1.91. The van der Waals surface area contributed by atoms with Gasteiger partial charge in [0, 0.05) is 12.7 Å². The van der Waals surface area contributed by atoms with Crippen LogP contribution in [-0.2, 0) is 0 Å². The highest BCUT2D eigenvalue weighted by molar-refractivity contribution is 14.1. The van der Waals surface area contributed by atoms with Crippen LogP contribution >= 0.6 is 45.2 Å². The Morgan fingerprint density at radius 3 is 2.36 bits per heavy atom. The predicted octanol–water partition coefficient (Wildman–Crippen LogP) is 3.50. The van der Waals surface area contributed by atoms with Gasteiger partial charge in [-0.3, -0.25) is 9.59 Å². The maximum absolute atomic E-state index is 13.8. The van der Waals surface area contributed by atoms with Crippen molar-refractivity contribution >= 4 is 57.0 Å². The first-order valence-corrected chi connectivity index (χ1v) is 8.32. The molecule has 7 heteroatoms. The molecule has 0 saturated heterocycles. The van der Waals surface area contributed by atoms with E-state index in [0.29, 0.717) is 8.58 Å². The van der Waals surface area contributed by atoms with Gasteiger partial charge in [-0.05, 0) is 81.9 Å². The van der Waals surface area contributed by atoms with Crippen molar-refractivity contribution in [2.24, 2.45) is 5.84 Å². The quantitative estimate of drug-likeness (QED) is 0.215. The van der Waals surface area contributed by atoms with E-state index >= 15 is 0 Å². The van der Waals surface area contributed by atoms with Crippen LogP contribution in [0.1, 0.15) is 26.3 Å². The molecule has 114 valence electrons. The second-order valence-electron chi connectivity index (χ2n) is 4.54. The zero-order valence-electron chi connectivity index (χ0n) is 11.4.